The van der Waals surface area contributed by atoms with E-state index in [0.717, 1.165) is 53.2 Å². The third kappa shape index (κ3) is 3.86. The van der Waals surface area contributed by atoms with Gasteiger partial charge < -0.3 is 14.5 Å². The van der Waals surface area contributed by atoms with Gasteiger partial charge in [0.25, 0.3) is 0 Å². The Balaban J connectivity index is 1.90. The summed E-state index contributed by atoms with van der Waals surface area (Å²) in [5.41, 5.74) is 1.05. The summed E-state index contributed by atoms with van der Waals surface area (Å²) in [5.74, 6) is 1.81. The van der Waals surface area contributed by atoms with Crippen molar-refractivity contribution in [2.75, 3.05) is 26.8 Å². The van der Waals surface area contributed by atoms with Crippen LogP contribution in [0.4, 0.5) is 0 Å². The van der Waals surface area contributed by atoms with Crippen LogP contribution < -0.4 is 5.32 Å². The van der Waals surface area contributed by atoms with E-state index in [1.807, 2.05) is 19.9 Å². The fraction of sp³-hybridized carbons (Fsp3) is 0.538. The molecule has 0 saturated carbocycles. The van der Waals surface area contributed by atoms with Crippen molar-refractivity contribution in [3.63, 3.8) is 0 Å². The summed E-state index contributed by atoms with van der Waals surface area (Å²) in [7, 11) is 1.70. The van der Waals surface area contributed by atoms with E-state index in [0.29, 0.717) is 0 Å². The Morgan fingerprint density at radius 1 is 1.32 bits per heavy atom. The molecule has 0 saturated heterocycles. The topological polar surface area (TPSA) is 60.2 Å². The molecule has 2 heterocycles. The third-order valence-electron chi connectivity index (χ3n) is 2.74. The molecule has 104 valence electrons. The van der Waals surface area contributed by atoms with E-state index in [4.69, 9.17) is 9.15 Å². The normalized spacial score (nSPS) is 11.1. The van der Waals surface area contributed by atoms with Gasteiger partial charge in [-0.3, -0.25) is 0 Å². The van der Waals surface area contributed by atoms with E-state index in [9.17, 15) is 0 Å². The highest BCUT2D eigenvalue weighted by molar-refractivity contribution is 7.14. The van der Waals surface area contributed by atoms with Crippen molar-refractivity contribution in [1.29, 1.82) is 0 Å². The van der Waals surface area contributed by atoms with Crippen LogP contribution in [0, 0.1) is 13.8 Å². The Bertz CT molecular complexity index is 522. The van der Waals surface area contributed by atoms with Crippen LogP contribution in [-0.4, -0.2) is 37.0 Å². The molecule has 0 aliphatic heterocycles. The second-order valence-electron chi connectivity index (χ2n) is 4.32. The molecule has 19 heavy (non-hydrogen) atoms. The molecule has 0 atom stereocenters. The zero-order valence-electron chi connectivity index (χ0n) is 11.5. The SMILES string of the molecule is COCCNCCc1nnc(-c2cc(C)oc2C)s1. The number of ether oxygens (including phenoxy) is 1. The first-order valence-corrected chi connectivity index (χ1v) is 7.12. The van der Waals surface area contributed by atoms with Gasteiger partial charge in [-0.05, 0) is 19.9 Å². The average Bonchev–Trinajstić information content (AvgIpc) is 2.95. The van der Waals surface area contributed by atoms with E-state index in [-0.39, 0.29) is 0 Å². The first-order chi connectivity index (χ1) is 9.20. The van der Waals surface area contributed by atoms with Crippen molar-refractivity contribution >= 4 is 11.3 Å². The highest BCUT2D eigenvalue weighted by Gasteiger charge is 2.12. The van der Waals surface area contributed by atoms with Crippen molar-refractivity contribution in [3.05, 3.63) is 22.6 Å². The van der Waals surface area contributed by atoms with Gasteiger partial charge >= 0.3 is 0 Å². The van der Waals surface area contributed by atoms with Crippen LogP contribution in [0.2, 0.25) is 0 Å². The number of aryl methyl sites for hydroxylation is 2. The summed E-state index contributed by atoms with van der Waals surface area (Å²) in [6, 6.07) is 2.01. The quantitative estimate of drug-likeness (QED) is 0.788. The van der Waals surface area contributed by atoms with Gasteiger partial charge in [0.05, 0.1) is 12.2 Å². The molecule has 0 aromatic carbocycles. The molecule has 0 bridgehead atoms. The number of hydrogen-bond donors (Lipinski definition) is 1. The average molecular weight is 281 g/mol. The summed E-state index contributed by atoms with van der Waals surface area (Å²) in [6.07, 6.45) is 0.886. The molecule has 0 radical (unpaired) electrons. The van der Waals surface area contributed by atoms with E-state index in [1.165, 1.54) is 0 Å². The number of hydrogen-bond acceptors (Lipinski definition) is 6. The predicted octanol–water partition coefficient (Wildman–Crippen LogP) is 2.19. The van der Waals surface area contributed by atoms with Crippen LogP contribution in [0.1, 0.15) is 16.5 Å². The summed E-state index contributed by atoms with van der Waals surface area (Å²) in [6.45, 7) is 6.38. The maximum atomic E-state index is 5.52. The second kappa shape index (κ2) is 6.79. The lowest BCUT2D eigenvalue weighted by Crippen LogP contribution is -2.21. The van der Waals surface area contributed by atoms with E-state index >= 15 is 0 Å². The number of aromatic nitrogens is 2. The lowest BCUT2D eigenvalue weighted by atomic mass is 10.2. The van der Waals surface area contributed by atoms with Gasteiger partial charge in [-0.15, -0.1) is 10.2 Å². The Hall–Kier alpha value is -1.24. The van der Waals surface area contributed by atoms with Gasteiger partial charge in [0.15, 0.2) is 5.01 Å². The fourth-order valence-corrected chi connectivity index (χ4v) is 2.70. The minimum absolute atomic E-state index is 0.731. The van der Waals surface area contributed by atoms with Crippen LogP contribution >= 0.6 is 11.3 Å². The molecule has 0 aliphatic carbocycles. The zero-order chi connectivity index (χ0) is 13.7. The van der Waals surface area contributed by atoms with Crippen LogP contribution in [-0.2, 0) is 11.2 Å². The lowest BCUT2D eigenvalue weighted by molar-refractivity contribution is 0.199. The molecule has 2 aromatic rings. The van der Waals surface area contributed by atoms with Crippen LogP contribution in [0.5, 0.6) is 0 Å². The number of furan rings is 1. The van der Waals surface area contributed by atoms with E-state index < -0.39 is 0 Å². The van der Waals surface area contributed by atoms with Crippen LogP contribution in [0.15, 0.2) is 10.5 Å². The molecular weight excluding hydrogens is 262 g/mol. The monoisotopic (exact) mass is 281 g/mol. The van der Waals surface area contributed by atoms with Gasteiger partial charge in [0.2, 0.25) is 0 Å². The standard InChI is InChI=1S/C13H19N3O2S/c1-9-8-11(10(2)18-9)13-16-15-12(19-13)4-5-14-6-7-17-3/h8,14H,4-7H2,1-3H3. The Kier molecular flexibility index (Phi) is 5.07. The number of nitrogens with one attached hydrogen (secondary N) is 1. The molecule has 0 amide bonds. The molecule has 2 rings (SSSR count). The molecular formula is C13H19N3O2S. The van der Waals surface area contributed by atoms with Crippen LogP contribution in [0.3, 0.4) is 0 Å². The van der Waals surface area contributed by atoms with Crippen molar-refractivity contribution in [1.82, 2.24) is 15.5 Å². The van der Waals surface area contributed by atoms with Crippen molar-refractivity contribution in [2.24, 2.45) is 0 Å². The van der Waals surface area contributed by atoms with Crippen molar-refractivity contribution in [3.8, 4) is 10.6 Å². The van der Waals surface area contributed by atoms with Crippen molar-refractivity contribution in [2.45, 2.75) is 20.3 Å². The van der Waals surface area contributed by atoms with E-state index in [1.54, 1.807) is 18.4 Å². The fourth-order valence-electron chi connectivity index (χ4n) is 1.80. The van der Waals surface area contributed by atoms with Gasteiger partial charge in [-0.25, -0.2) is 0 Å². The largest absolute Gasteiger partial charge is 0.466 e. The first-order valence-electron chi connectivity index (χ1n) is 6.30. The molecule has 1 N–H and O–H groups in total. The molecule has 0 aliphatic rings. The van der Waals surface area contributed by atoms with Crippen molar-refractivity contribution < 1.29 is 9.15 Å². The highest BCUT2D eigenvalue weighted by Crippen LogP contribution is 2.29. The molecule has 0 spiro atoms. The maximum absolute atomic E-state index is 5.52. The summed E-state index contributed by atoms with van der Waals surface area (Å²) in [4.78, 5) is 0. The smallest absolute Gasteiger partial charge is 0.151 e. The van der Waals surface area contributed by atoms with E-state index in [2.05, 4.69) is 15.5 Å². The molecule has 2 aromatic heterocycles. The molecule has 0 unspecified atom stereocenters. The zero-order valence-corrected chi connectivity index (χ0v) is 12.3. The minimum Gasteiger partial charge on any atom is -0.466 e. The lowest BCUT2D eigenvalue weighted by Gasteiger charge is -2.00. The van der Waals surface area contributed by atoms with Gasteiger partial charge in [-0.1, -0.05) is 11.3 Å². The first kappa shape index (κ1) is 14.2. The molecule has 6 heteroatoms. The van der Waals surface area contributed by atoms with Gasteiger partial charge in [0, 0.05) is 26.6 Å². The molecule has 5 nitrogen and oxygen atoms in total. The predicted molar refractivity (Wildman–Crippen MR) is 75.5 cm³/mol. The Morgan fingerprint density at radius 2 is 2.16 bits per heavy atom. The third-order valence-corrected chi connectivity index (χ3v) is 3.75. The maximum Gasteiger partial charge on any atom is 0.151 e. The minimum atomic E-state index is 0.731. The number of rotatable bonds is 7. The van der Waals surface area contributed by atoms with Gasteiger partial charge in [-0.2, -0.15) is 0 Å². The summed E-state index contributed by atoms with van der Waals surface area (Å²) < 4.78 is 10.5. The Labute approximate surface area is 117 Å². The summed E-state index contributed by atoms with van der Waals surface area (Å²) >= 11 is 1.62. The Morgan fingerprint density at radius 3 is 2.84 bits per heavy atom. The van der Waals surface area contributed by atoms with Crippen LogP contribution in [0.25, 0.3) is 10.6 Å². The summed E-state index contributed by atoms with van der Waals surface area (Å²) in [5, 5.41) is 13.7. The molecule has 0 fully saturated rings. The number of nitrogens with zero attached hydrogens (tertiary/aromatic N) is 2. The van der Waals surface area contributed by atoms with Gasteiger partial charge in [0.1, 0.15) is 16.5 Å². The number of methoxy groups -OCH3 is 1. The highest BCUT2D eigenvalue weighted by atomic mass is 32.1. The second-order valence-corrected chi connectivity index (χ2v) is 5.38.